The Bertz CT molecular complexity index is 869. The molecule has 0 saturated heterocycles. The molecule has 154 valence electrons. The minimum atomic E-state index is 0.340. The molecule has 3 heteroatoms. The molecule has 3 nitrogen and oxygen atoms in total. The van der Waals surface area contributed by atoms with E-state index in [2.05, 4.69) is 106 Å². The number of nitrogens with zero attached hydrogens (tertiary/aromatic N) is 3. The molecule has 2 heterocycles. The maximum Gasteiger partial charge on any atom is 0.0949 e. The zero-order valence-corrected chi connectivity index (χ0v) is 19.2. The molecule has 3 aromatic rings. The van der Waals surface area contributed by atoms with Gasteiger partial charge >= 0.3 is 0 Å². The molecule has 0 fully saturated rings. The number of imidazole rings is 1. The Morgan fingerprint density at radius 2 is 1.46 bits per heavy atom. The van der Waals surface area contributed by atoms with Crippen molar-refractivity contribution < 1.29 is 0 Å². The molecule has 28 heavy (non-hydrogen) atoms. The van der Waals surface area contributed by atoms with Gasteiger partial charge in [0.15, 0.2) is 0 Å². The Hall–Kier alpha value is -2.03. The quantitative estimate of drug-likeness (QED) is 0.490. The van der Waals surface area contributed by atoms with Crippen LogP contribution in [0.25, 0.3) is 10.9 Å². The molecule has 0 bridgehead atoms. The van der Waals surface area contributed by atoms with Crippen LogP contribution in [-0.2, 0) is 25.9 Å². The third kappa shape index (κ3) is 6.54. The van der Waals surface area contributed by atoms with Gasteiger partial charge in [-0.25, -0.2) is 4.98 Å². The van der Waals surface area contributed by atoms with Gasteiger partial charge in [-0.15, -0.1) is 0 Å². The van der Waals surface area contributed by atoms with E-state index in [9.17, 15) is 0 Å². The molecule has 3 rings (SSSR count). The molecule has 0 atom stereocenters. The number of fused-ring (bicyclic) bond motifs is 1. The van der Waals surface area contributed by atoms with Crippen LogP contribution in [0.15, 0.2) is 43.0 Å². The molecule has 0 unspecified atom stereocenters. The first kappa shape index (κ1) is 22.3. The summed E-state index contributed by atoms with van der Waals surface area (Å²) in [5, 5.41) is 1.42. The molecule has 1 aromatic carbocycles. The van der Waals surface area contributed by atoms with Crippen molar-refractivity contribution in [2.75, 3.05) is 0 Å². The summed E-state index contributed by atoms with van der Waals surface area (Å²) in [5.41, 5.74) is 4.73. The molecule has 0 aliphatic carbocycles. The van der Waals surface area contributed by atoms with Crippen LogP contribution in [0.4, 0.5) is 0 Å². The molecule has 0 N–H and O–H groups in total. The Morgan fingerprint density at radius 3 is 2.00 bits per heavy atom. The first-order valence-corrected chi connectivity index (χ1v) is 10.6. The lowest BCUT2D eigenvalue weighted by atomic mass is 9.88. The number of rotatable bonds is 4. The Balaban J connectivity index is 0.000000209. The highest BCUT2D eigenvalue weighted by Gasteiger charge is 2.15. The van der Waals surface area contributed by atoms with Gasteiger partial charge in [0, 0.05) is 36.4 Å². The van der Waals surface area contributed by atoms with E-state index >= 15 is 0 Å². The number of benzene rings is 1. The largest absolute Gasteiger partial charge is 0.347 e. The van der Waals surface area contributed by atoms with Crippen molar-refractivity contribution in [1.29, 1.82) is 0 Å². The van der Waals surface area contributed by atoms with Gasteiger partial charge in [0.2, 0.25) is 0 Å². The lowest BCUT2D eigenvalue weighted by molar-refractivity contribution is 0.407. The van der Waals surface area contributed by atoms with Gasteiger partial charge in [-0.05, 0) is 49.1 Å². The maximum absolute atomic E-state index is 4.34. The maximum atomic E-state index is 4.34. The van der Waals surface area contributed by atoms with Gasteiger partial charge in [-0.1, -0.05) is 59.7 Å². The van der Waals surface area contributed by atoms with Gasteiger partial charge < -0.3 is 9.13 Å². The number of hydrogen-bond donors (Lipinski definition) is 0. The lowest BCUT2D eigenvalue weighted by Crippen LogP contribution is -2.09. The first-order chi connectivity index (χ1) is 13.0. The fraction of sp³-hybridized carbons (Fsp3) is 0.560. The van der Waals surface area contributed by atoms with Crippen LogP contribution in [0, 0.1) is 10.8 Å². The van der Waals surface area contributed by atoms with Crippen molar-refractivity contribution in [1.82, 2.24) is 14.1 Å². The van der Waals surface area contributed by atoms with Crippen molar-refractivity contribution in [2.24, 2.45) is 10.8 Å². The lowest BCUT2D eigenvalue weighted by Gasteiger charge is -2.17. The van der Waals surface area contributed by atoms with Crippen molar-refractivity contribution in [3.63, 3.8) is 0 Å². The highest BCUT2D eigenvalue weighted by molar-refractivity contribution is 5.84. The van der Waals surface area contributed by atoms with Crippen LogP contribution in [-0.4, -0.2) is 14.1 Å². The van der Waals surface area contributed by atoms with Crippen LogP contribution in [0.5, 0.6) is 0 Å². The zero-order chi connectivity index (χ0) is 20.9. The Labute approximate surface area is 171 Å². The summed E-state index contributed by atoms with van der Waals surface area (Å²) in [6.45, 7) is 20.0. The summed E-state index contributed by atoms with van der Waals surface area (Å²) in [7, 11) is 0. The summed E-state index contributed by atoms with van der Waals surface area (Å²) in [5.74, 6) is 0. The molecule has 0 saturated carbocycles. The van der Waals surface area contributed by atoms with Crippen LogP contribution in [0.1, 0.15) is 66.6 Å². The van der Waals surface area contributed by atoms with E-state index in [1.54, 1.807) is 0 Å². The van der Waals surface area contributed by atoms with E-state index in [-0.39, 0.29) is 0 Å². The van der Waals surface area contributed by atoms with E-state index in [1.807, 2.05) is 6.33 Å². The van der Waals surface area contributed by atoms with Crippen LogP contribution >= 0.6 is 0 Å². The average Bonchev–Trinajstić information content (AvgIpc) is 3.17. The van der Waals surface area contributed by atoms with Crippen molar-refractivity contribution in [3.05, 3.63) is 54.2 Å². The van der Waals surface area contributed by atoms with Crippen LogP contribution in [0.3, 0.4) is 0 Å². The SMILES string of the molecule is CCn1cc(CC(C)(C)C)c2ccccc21.CCn1cnc(CC(C)(C)C)c1. The van der Waals surface area contributed by atoms with E-state index in [0.717, 1.165) is 25.9 Å². The third-order valence-corrected chi connectivity index (χ3v) is 4.70. The summed E-state index contributed by atoms with van der Waals surface area (Å²) < 4.78 is 4.46. The summed E-state index contributed by atoms with van der Waals surface area (Å²) in [6.07, 6.45) is 8.54. The molecular weight excluding hydrogens is 342 g/mol. The zero-order valence-electron chi connectivity index (χ0n) is 19.2. The smallest absolute Gasteiger partial charge is 0.0949 e. The molecule has 0 spiro atoms. The number of aromatic nitrogens is 3. The van der Waals surface area contributed by atoms with E-state index < -0.39 is 0 Å². The minimum Gasteiger partial charge on any atom is -0.347 e. The van der Waals surface area contributed by atoms with Crippen LogP contribution < -0.4 is 0 Å². The molecule has 0 aliphatic heterocycles. The number of hydrogen-bond acceptors (Lipinski definition) is 1. The molecule has 0 radical (unpaired) electrons. The Kier molecular flexibility index (Phi) is 7.14. The first-order valence-electron chi connectivity index (χ1n) is 10.6. The summed E-state index contributed by atoms with van der Waals surface area (Å²) in [6, 6.07) is 8.71. The minimum absolute atomic E-state index is 0.340. The summed E-state index contributed by atoms with van der Waals surface area (Å²) in [4.78, 5) is 4.34. The molecular formula is C25H39N3. The standard InChI is InChI=1S/C15H21N.C10H18N2/c1-5-16-11-12(10-15(2,3)4)13-8-6-7-9-14(13)16;1-5-12-7-9(11-8-12)6-10(2,3)4/h6-9,11H,5,10H2,1-4H3;7-8H,5-6H2,1-4H3. The number of aryl methyl sites for hydroxylation is 2. The van der Waals surface area contributed by atoms with Gasteiger partial charge in [0.25, 0.3) is 0 Å². The highest BCUT2D eigenvalue weighted by Crippen LogP contribution is 2.28. The summed E-state index contributed by atoms with van der Waals surface area (Å²) >= 11 is 0. The highest BCUT2D eigenvalue weighted by atomic mass is 15.0. The normalized spacial score (nSPS) is 12.1. The molecule has 2 aromatic heterocycles. The van der Waals surface area contributed by atoms with Crippen molar-refractivity contribution in [3.8, 4) is 0 Å². The van der Waals surface area contributed by atoms with E-state index in [4.69, 9.17) is 0 Å². The van der Waals surface area contributed by atoms with Gasteiger partial charge in [0.1, 0.15) is 0 Å². The predicted octanol–water partition coefficient (Wildman–Crippen LogP) is 6.74. The van der Waals surface area contributed by atoms with E-state index in [0.29, 0.717) is 10.8 Å². The van der Waals surface area contributed by atoms with Crippen molar-refractivity contribution >= 4 is 10.9 Å². The number of para-hydroxylation sites is 1. The molecule has 0 amide bonds. The second kappa shape index (κ2) is 8.98. The fourth-order valence-corrected chi connectivity index (χ4v) is 3.51. The van der Waals surface area contributed by atoms with Gasteiger partial charge in [0.05, 0.1) is 12.0 Å². The van der Waals surface area contributed by atoms with Crippen LogP contribution in [0.2, 0.25) is 0 Å². The van der Waals surface area contributed by atoms with Crippen molar-refractivity contribution in [2.45, 2.75) is 81.3 Å². The fourth-order valence-electron chi connectivity index (χ4n) is 3.51. The second-order valence-electron chi connectivity index (χ2n) is 10.1. The van der Waals surface area contributed by atoms with Gasteiger partial charge in [-0.3, -0.25) is 0 Å². The topological polar surface area (TPSA) is 22.8 Å². The van der Waals surface area contributed by atoms with E-state index in [1.165, 1.54) is 22.2 Å². The predicted molar refractivity (Wildman–Crippen MR) is 122 cm³/mol. The Morgan fingerprint density at radius 1 is 0.821 bits per heavy atom. The third-order valence-electron chi connectivity index (χ3n) is 4.70. The second-order valence-corrected chi connectivity index (χ2v) is 10.1. The average molecular weight is 382 g/mol. The van der Waals surface area contributed by atoms with Gasteiger partial charge in [-0.2, -0.15) is 0 Å². The monoisotopic (exact) mass is 381 g/mol. The molecule has 0 aliphatic rings.